The molecule has 0 saturated carbocycles. The highest BCUT2D eigenvalue weighted by Gasteiger charge is 2.13. The average Bonchev–Trinajstić information content (AvgIpc) is 2.43. The predicted molar refractivity (Wildman–Crippen MR) is 76.8 cm³/mol. The molecule has 4 nitrogen and oxygen atoms in total. The predicted octanol–water partition coefficient (Wildman–Crippen LogP) is 3.32. The van der Waals surface area contributed by atoms with Crippen LogP contribution in [0.15, 0.2) is 36.4 Å². The number of hydrogen-bond acceptors (Lipinski definition) is 3. The Balaban J connectivity index is 2.30. The summed E-state index contributed by atoms with van der Waals surface area (Å²) < 4.78 is 18.2. The first kappa shape index (κ1) is 14.1. The summed E-state index contributed by atoms with van der Waals surface area (Å²) >= 11 is 5.89. The van der Waals surface area contributed by atoms with Crippen molar-refractivity contribution >= 4 is 28.9 Å². The Bertz CT molecular complexity index is 662. The Morgan fingerprint density at radius 1 is 1.30 bits per heavy atom. The number of nitrogens with two attached hydrogens (primary N) is 1. The van der Waals surface area contributed by atoms with E-state index in [1.807, 2.05) is 0 Å². The highest BCUT2D eigenvalue weighted by atomic mass is 35.5. The summed E-state index contributed by atoms with van der Waals surface area (Å²) in [5, 5.41) is 2.75. The van der Waals surface area contributed by atoms with Gasteiger partial charge in [-0.25, -0.2) is 4.39 Å². The summed E-state index contributed by atoms with van der Waals surface area (Å²) in [6.07, 6.45) is 0. The normalized spacial score (nSPS) is 10.2. The maximum atomic E-state index is 13.1. The van der Waals surface area contributed by atoms with Crippen LogP contribution >= 0.6 is 11.6 Å². The quantitative estimate of drug-likeness (QED) is 0.854. The van der Waals surface area contributed by atoms with Crippen molar-refractivity contribution in [1.82, 2.24) is 0 Å². The molecule has 0 aliphatic rings. The fourth-order valence-electron chi connectivity index (χ4n) is 1.64. The van der Waals surface area contributed by atoms with Crippen molar-refractivity contribution in [2.75, 3.05) is 18.2 Å². The number of nitrogens with one attached hydrogen (secondary N) is 1. The lowest BCUT2D eigenvalue weighted by molar-refractivity contribution is 0.102. The lowest BCUT2D eigenvalue weighted by Crippen LogP contribution is -2.14. The molecule has 0 atom stereocenters. The van der Waals surface area contributed by atoms with Gasteiger partial charge >= 0.3 is 0 Å². The fraction of sp³-hybridized carbons (Fsp3) is 0.0714. The van der Waals surface area contributed by atoms with Crippen LogP contribution in [0.2, 0.25) is 5.02 Å². The van der Waals surface area contributed by atoms with E-state index < -0.39 is 11.7 Å². The molecular weight excluding hydrogens is 283 g/mol. The molecule has 0 aliphatic carbocycles. The molecule has 2 aromatic rings. The maximum Gasteiger partial charge on any atom is 0.257 e. The Morgan fingerprint density at radius 2 is 2.05 bits per heavy atom. The highest BCUT2D eigenvalue weighted by molar-refractivity contribution is 6.34. The number of nitrogen functional groups attached to an aromatic ring is 1. The summed E-state index contributed by atoms with van der Waals surface area (Å²) in [6.45, 7) is 0. The van der Waals surface area contributed by atoms with Gasteiger partial charge in [-0.15, -0.1) is 0 Å². The highest BCUT2D eigenvalue weighted by Crippen LogP contribution is 2.25. The second-order valence-electron chi connectivity index (χ2n) is 4.03. The smallest absolute Gasteiger partial charge is 0.257 e. The van der Waals surface area contributed by atoms with E-state index in [2.05, 4.69) is 5.32 Å². The first-order chi connectivity index (χ1) is 9.51. The molecule has 3 N–H and O–H groups in total. The van der Waals surface area contributed by atoms with Gasteiger partial charge in [-0.3, -0.25) is 4.79 Å². The van der Waals surface area contributed by atoms with E-state index >= 15 is 0 Å². The van der Waals surface area contributed by atoms with Crippen molar-refractivity contribution in [2.45, 2.75) is 0 Å². The van der Waals surface area contributed by atoms with Crippen LogP contribution in [0.3, 0.4) is 0 Å². The molecule has 0 fully saturated rings. The van der Waals surface area contributed by atoms with Gasteiger partial charge in [0, 0.05) is 5.69 Å². The number of halogens is 2. The van der Waals surface area contributed by atoms with Crippen LogP contribution in [0.1, 0.15) is 10.4 Å². The van der Waals surface area contributed by atoms with Gasteiger partial charge in [-0.2, -0.15) is 0 Å². The molecule has 0 aromatic heterocycles. The Kier molecular flexibility index (Phi) is 4.10. The van der Waals surface area contributed by atoms with E-state index in [0.29, 0.717) is 5.75 Å². The standard InChI is InChI=1S/C14H12ClFN2O2/c1-20-9-3-5-12(17)10(7-9)14(19)18-13-6-8(16)2-4-11(13)15/h2-7H,17H2,1H3,(H,18,19). The van der Waals surface area contributed by atoms with Crippen LogP contribution in [0.4, 0.5) is 15.8 Å². The number of rotatable bonds is 3. The largest absolute Gasteiger partial charge is 0.497 e. The zero-order valence-corrected chi connectivity index (χ0v) is 11.4. The number of amides is 1. The minimum absolute atomic E-state index is 0.180. The molecule has 0 bridgehead atoms. The minimum atomic E-state index is -0.497. The third-order valence-electron chi connectivity index (χ3n) is 2.68. The lowest BCUT2D eigenvalue weighted by Gasteiger charge is -2.10. The summed E-state index contributed by atoms with van der Waals surface area (Å²) in [4.78, 5) is 12.1. The molecule has 6 heteroatoms. The van der Waals surface area contributed by atoms with Crippen molar-refractivity contribution in [3.05, 3.63) is 52.8 Å². The molecule has 1 amide bonds. The van der Waals surface area contributed by atoms with Crippen LogP contribution in [-0.4, -0.2) is 13.0 Å². The molecule has 2 aromatic carbocycles. The summed E-state index contributed by atoms with van der Waals surface area (Å²) in [5.41, 5.74) is 6.44. The van der Waals surface area contributed by atoms with Crippen molar-refractivity contribution < 1.29 is 13.9 Å². The summed E-state index contributed by atoms with van der Waals surface area (Å²) in [5.74, 6) is -0.494. The van der Waals surface area contributed by atoms with Gasteiger partial charge in [0.05, 0.1) is 23.4 Å². The zero-order valence-electron chi connectivity index (χ0n) is 10.6. The molecule has 20 heavy (non-hydrogen) atoms. The average molecular weight is 295 g/mol. The molecule has 0 heterocycles. The fourth-order valence-corrected chi connectivity index (χ4v) is 1.81. The van der Waals surface area contributed by atoms with E-state index in [0.717, 1.165) is 6.07 Å². The molecule has 0 aliphatic heterocycles. The van der Waals surface area contributed by atoms with E-state index in [1.54, 1.807) is 12.1 Å². The molecule has 0 saturated heterocycles. The third kappa shape index (κ3) is 3.00. The Hall–Kier alpha value is -2.27. The molecule has 2 rings (SSSR count). The topological polar surface area (TPSA) is 64.3 Å². The zero-order chi connectivity index (χ0) is 14.7. The van der Waals surface area contributed by atoms with Gasteiger partial charge in [0.2, 0.25) is 0 Å². The molecule has 0 radical (unpaired) electrons. The van der Waals surface area contributed by atoms with Gasteiger partial charge in [-0.1, -0.05) is 11.6 Å². The van der Waals surface area contributed by atoms with Gasteiger partial charge in [0.1, 0.15) is 11.6 Å². The van der Waals surface area contributed by atoms with E-state index in [-0.39, 0.29) is 22.0 Å². The second-order valence-corrected chi connectivity index (χ2v) is 4.44. The number of ether oxygens (including phenoxy) is 1. The monoisotopic (exact) mass is 294 g/mol. The van der Waals surface area contributed by atoms with Gasteiger partial charge in [0.15, 0.2) is 0 Å². The number of methoxy groups -OCH3 is 1. The van der Waals surface area contributed by atoms with Gasteiger partial charge < -0.3 is 15.8 Å². The first-order valence-electron chi connectivity index (χ1n) is 5.71. The van der Waals surface area contributed by atoms with Crippen LogP contribution in [0.25, 0.3) is 0 Å². The Labute approximate surface area is 120 Å². The number of hydrogen-bond donors (Lipinski definition) is 2. The van der Waals surface area contributed by atoms with Crippen molar-refractivity contribution in [3.8, 4) is 5.75 Å². The number of anilines is 2. The molecule has 0 spiro atoms. The van der Waals surface area contributed by atoms with Crippen LogP contribution < -0.4 is 15.8 Å². The Morgan fingerprint density at radius 3 is 2.75 bits per heavy atom. The van der Waals surface area contributed by atoms with Crippen LogP contribution in [0.5, 0.6) is 5.75 Å². The van der Waals surface area contributed by atoms with Gasteiger partial charge in [-0.05, 0) is 36.4 Å². The van der Waals surface area contributed by atoms with Crippen LogP contribution in [-0.2, 0) is 0 Å². The van der Waals surface area contributed by atoms with Crippen molar-refractivity contribution in [3.63, 3.8) is 0 Å². The van der Waals surface area contributed by atoms with E-state index in [9.17, 15) is 9.18 Å². The maximum absolute atomic E-state index is 13.1. The lowest BCUT2D eigenvalue weighted by atomic mass is 10.1. The summed E-state index contributed by atoms with van der Waals surface area (Å²) in [7, 11) is 1.48. The molecule has 0 unspecified atom stereocenters. The van der Waals surface area contributed by atoms with Crippen LogP contribution in [0, 0.1) is 5.82 Å². The molecular formula is C14H12ClFN2O2. The number of carbonyl (C=O) groups is 1. The SMILES string of the molecule is COc1ccc(N)c(C(=O)Nc2cc(F)ccc2Cl)c1. The second kappa shape index (κ2) is 5.79. The van der Waals surface area contributed by atoms with Crippen molar-refractivity contribution in [2.24, 2.45) is 0 Å². The van der Waals surface area contributed by atoms with Crippen molar-refractivity contribution in [1.29, 1.82) is 0 Å². The van der Waals surface area contributed by atoms with Gasteiger partial charge in [0.25, 0.3) is 5.91 Å². The van der Waals surface area contributed by atoms with E-state index in [1.165, 1.54) is 25.3 Å². The molecule has 104 valence electrons. The third-order valence-corrected chi connectivity index (χ3v) is 3.01. The number of benzene rings is 2. The number of carbonyl (C=O) groups excluding carboxylic acids is 1. The van der Waals surface area contributed by atoms with E-state index in [4.69, 9.17) is 22.1 Å². The minimum Gasteiger partial charge on any atom is -0.497 e. The first-order valence-corrected chi connectivity index (χ1v) is 6.09. The summed E-state index contributed by atoms with van der Waals surface area (Å²) in [6, 6.07) is 8.40.